The highest BCUT2D eigenvalue weighted by Gasteiger charge is 2.24. The second kappa shape index (κ2) is 11.1. The molecule has 0 aromatic heterocycles. The maximum absolute atomic E-state index is 12.8. The van der Waals surface area contributed by atoms with Gasteiger partial charge in [0, 0.05) is 31.9 Å². The zero-order chi connectivity index (χ0) is 24.9. The number of rotatable bonds is 7. The maximum Gasteiger partial charge on any atom is 0.283 e. The topological polar surface area (TPSA) is 87.1 Å². The molecule has 34 heavy (non-hydrogen) atoms. The molecule has 7 nitrogen and oxygen atoms in total. The zero-order valence-electron chi connectivity index (χ0n) is 19.0. The normalized spacial score (nSPS) is 16.1. The molecule has 0 atom stereocenters. The minimum absolute atomic E-state index is 0.0311. The van der Waals surface area contributed by atoms with Crippen molar-refractivity contribution >= 4 is 48.9 Å². The third kappa shape index (κ3) is 6.53. The molecule has 2 aromatic carbocycles. The van der Waals surface area contributed by atoms with Gasteiger partial charge in [-0.25, -0.2) is 8.42 Å². The van der Waals surface area contributed by atoms with Gasteiger partial charge < -0.3 is 9.80 Å². The van der Waals surface area contributed by atoms with Gasteiger partial charge in [-0.1, -0.05) is 35.4 Å². The highest BCUT2D eigenvalue weighted by Crippen LogP contribution is 2.20. The molecular formula is C23H27Cl2N3O4S2. The predicted molar refractivity (Wildman–Crippen MR) is 137 cm³/mol. The van der Waals surface area contributed by atoms with Crippen LogP contribution >= 0.6 is 23.2 Å². The first kappa shape index (κ1) is 26.5. The van der Waals surface area contributed by atoms with Gasteiger partial charge in [-0.05, 0) is 38.1 Å². The fourth-order valence-electron chi connectivity index (χ4n) is 3.49. The summed E-state index contributed by atoms with van der Waals surface area (Å²) in [5.74, 6) is 0.222. The number of piperazine rings is 1. The van der Waals surface area contributed by atoms with Crippen LogP contribution in [0.2, 0.25) is 0 Å². The van der Waals surface area contributed by atoms with Crippen molar-refractivity contribution in [3.05, 3.63) is 70.8 Å². The van der Waals surface area contributed by atoms with Gasteiger partial charge in [-0.3, -0.25) is 0 Å². The van der Waals surface area contributed by atoms with Crippen molar-refractivity contribution in [3.8, 4) is 0 Å². The zero-order valence-corrected chi connectivity index (χ0v) is 22.1. The molecule has 1 aliphatic heterocycles. The molecule has 0 radical (unpaired) electrons. The smallest absolute Gasteiger partial charge is 0.283 e. The van der Waals surface area contributed by atoms with Crippen molar-refractivity contribution < 1.29 is 16.8 Å². The monoisotopic (exact) mass is 543 g/mol. The number of benzene rings is 2. The van der Waals surface area contributed by atoms with E-state index in [9.17, 15) is 16.8 Å². The van der Waals surface area contributed by atoms with E-state index in [0.29, 0.717) is 31.9 Å². The van der Waals surface area contributed by atoms with Crippen LogP contribution in [0.15, 0.2) is 73.8 Å². The van der Waals surface area contributed by atoms with Gasteiger partial charge in [-0.15, -0.1) is 27.6 Å². The molecule has 1 saturated heterocycles. The summed E-state index contributed by atoms with van der Waals surface area (Å²) in [5, 5.41) is 1.21. The Morgan fingerprint density at radius 3 is 1.74 bits per heavy atom. The van der Waals surface area contributed by atoms with Crippen LogP contribution in [0.4, 0.5) is 0 Å². The van der Waals surface area contributed by atoms with E-state index in [2.05, 4.69) is 4.40 Å². The van der Waals surface area contributed by atoms with E-state index >= 15 is 0 Å². The summed E-state index contributed by atoms with van der Waals surface area (Å²) in [6, 6.07) is 13.1. The van der Waals surface area contributed by atoms with Gasteiger partial charge in [0.1, 0.15) is 5.84 Å². The Kier molecular flexibility index (Phi) is 8.67. The largest absolute Gasteiger partial charge is 0.370 e. The average molecular weight is 545 g/mol. The summed E-state index contributed by atoms with van der Waals surface area (Å²) in [6.07, 6.45) is 0. The summed E-state index contributed by atoms with van der Waals surface area (Å²) in [5.41, 5.74) is 2.40. The van der Waals surface area contributed by atoms with E-state index in [1.165, 1.54) is 17.5 Å². The van der Waals surface area contributed by atoms with E-state index in [1.54, 1.807) is 41.3 Å². The summed E-state index contributed by atoms with van der Waals surface area (Å²) in [6.45, 7) is 5.51. The van der Waals surface area contributed by atoms with Crippen molar-refractivity contribution in [2.45, 2.75) is 23.6 Å². The molecule has 0 aliphatic carbocycles. The molecule has 2 aromatic rings. The lowest BCUT2D eigenvalue weighted by atomic mass is 10.2. The Morgan fingerprint density at radius 2 is 1.26 bits per heavy atom. The Labute approximate surface area is 211 Å². The lowest BCUT2D eigenvalue weighted by Crippen LogP contribution is -2.49. The van der Waals surface area contributed by atoms with E-state index in [1.807, 2.05) is 18.7 Å². The van der Waals surface area contributed by atoms with Crippen LogP contribution in [-0.2, 0) is 19.9 Å². The van der Waals surface area contributed by atoms with Crippen LogP contribution in [-0.4, -0.2) is 70.4 Å². The molecule has 184 valence electrons. The minimum atomic E-state index is -3.89. The quantitative estimate of drug-likeness (QED) is 0.300. The number of halogens is 2. The van der Waals surface area contributed by atoms with Crippen LogP contribution in [0, 0.1) is 13.8 Å². The summed E-state index contributed by atoms with van der Waals surface area (Å²) in [4.78, 5) is 4.00. The van der Waals surface area contributed by atoms with Crippen molar-refractivity contribution in [1.82, 2.24) is 9.80 Å². The summed E-state index contributed by atoms with van der Waals surface area (Å²) < 4.78 is 55.0. The minimum Gasteiger partial charge on any atom is -0.370 e. The number of nitrogens with zero attached hydrogens (tertiary/aromatic N) is 3. The van der Waals surface area contributed by atoms with Gasteiger partial charge >= 0.3 is 0 Å². The molecule has 1 heterocycles. The third-order valence-corrected chi connectivity index (χ3v) is 8.84. The molecule has 3 rings (SSSR count). The molecule has 0 saturated carbocycles. The predicted octanol–water partition coefficient (Wildman–Crippen LogP) is 3.80. The Hall–Kier alpha value is -2.07. The van der Waals surface area contributed by atoms with Crippen LogP contribution in [0.25, 0.3) is 0 Å². The van der Waals surface area contributed by atoms with Gasteiger partial charge in [-0.2, -0.15) is 8.42 Å². The van der Waals surface area contributed by atoms with Crippen LogP contribution in [0.5, 0.6) is 0 Å². The fraction of sp³-hybridized carbons (Fsp3) is 0.348. The first-order valence-corrected chi connectivity index (χ1v) is 14.7. The number of allylic oxidation sites excluding steroid dienone is 1. The van der Waals surface area contributed by atoms with E-state index in [0.717, 1.165) is 11.1 Å². The van der Waals surface area contributed by atoms with Crippen molar-refractivity contribution in [3.63, 3.8) is 0 Å². The molecule has 1 aliphatic rings. The van der Waals surface area contributed by atoms with E-state index in [-0.39, 0.29) is 27.4 Å². The van der Waals surface area contributed by atoms with Gasteiger partial charge in [0.05, 0.1) is 27.0 Å². The second-order valence-corrected chi connectivity index (χ2v) is 11.9. The first-order chi connectivity index (χ1) is 16.1. The molecule has 0 bridgehead atoms. The maximum atomic E-state index is 12.8. The number of amidine groups is 1. The van der Waals surface area contributed by atoms with Crippen molar-refractivity contribution in [1.29, 1.82) is 0 Å². The SMILES string of the molecule is Cc1ccc(S(=O)(=O)C=C(CCl)N2CCN(C(CCl)=NS(=O)(=O)c3ccc(C)cc3)CC2)cc1. The van der Waals surface area contributed by atoms with Crippen molar-refractivity contribution in [2.75, 3.05) is 37.9 Å². The van der Waals surface area contributed by atoms with Crippen LogP contribution in [0.3, 0.4) is 0 Å². The Balaban J connectivity index is 1.74. The van der Waals surface area contributed by atoms with Crippen LogP contribution < -0.4 is 0 Å². The molecule has 0 N–H and O–H groups in total. The van der Waals surface area contributed by atoms with Gasteiger partial charge in [0.2, 0.25) is 9.84 Å². The molecule has 1 fully saturated rings. The van der Waals surface area contributed by atoms with Crippen molar-refractivity contribution in [2.24, 2.45) is 4.40 Å². The lowest BCUT2D eigenvalue weighted by molar-refractivity contribution is 0.222. The number of sulfonamides is 1. The average Bonchev–Trinajstić information content (AvgIpc) is 2.82. The highest BCUT2D eigenvalue weighted by atomic mass is 35.5. The lowest BCUT2D eigenvalue weighted by Gasteiger charge is -2.38. The number of hydrogen-bond acceptors (Lipinski definition) is 5. The molecular weight excluding hydrogens is 517 g/mol. The summed E-state index contributed by atoms with van der Waals surface area (Å²) in [7, 11) is -7.55. The molecule has 0 amide bonds. The fourth-order valence-corrected chi connectivity index (χ4v) is 6.41. The molecule has 0 spiro atoms. The van der Waals surface area contributed by atoms with Crippen LogP contribution in [0.1, 0.15) is 11.1 Å². The highest BCUT2D eigenvalue weighted by molar-refractivity contribution is 7.94. The number of sulfone groups is 1. The standard InChI is InChI=1S/C23H27Cl2N3O4S2/c1-18-3-7-21(8-4-18)33(29,30)17-20(15-24)27-11-13-28(14-12-27)23(16-25)26-34(31,32)22-9-5-19(2)6-10-22/h3-10,17H,11-16H2,1-2H3. The number of aryl methyl sites for hydroxylation is 2. The second-order valence-electron chi connectivity index (χ2n) is 8.00. The summed E-state index contributed by atoms with van der Waals surface area (Å²) >= 11 is 12.1. The van der Waals surface area contributed by atoms with Gasteiger partial charge in [0.15, 0.2) is 0 Å². The van der Waals surface area contributed by atoms with E-state index < -0.39 is 19.9 Å². The number of alkyl halides is 2. The molecule has 0 unspecified atom stereocenters. The van der Waals surface area contributed by atoms with E-state index in [4.69, 9.17) is 23.2 Å². The Bertz CT molecular complexity index is 1170. The first-order valence-electron chi connectivity index (χ1n) is 10.6. The Morgan fingerprint density at radius 1 is 0.794 bits per heavy atom. The molecule has 11 heteroatoms. The van der Waals surface area contributed by atoms with Gasteiger partial charge in [0.25, 0.3) is 10.0 Å². The third-order valence-electron chi connectivity index (χ3n) is 5.49. The number of hydrogen-bond donors (Lipinski definition) is 0.